The summed E-state index contributed by atoms with van der Waals surface area (Å²) in [6.45, 7) is 10.5. The maximum atomic E-state index is 2.89. The molecule has 4 aliphatic heterocycles. The van der Waals surface area contributed by atoms with Crippen LogP contribution in [0.3, 0.4) is 0 Å². The van der Waals surface area contributed by atoms with Gasteiger partial charge in [-0.3, -0.25) is 0 Å². The van der Waals surface area contributed by atoms with Crippen molar-refractivity contribution in [3.05, 3.63) is 145 Å². The molecule has 12 rings (SSSR count). The molecule has 0 radical (unpaired) electrons. The van der Waals surface area contributed by atoms with E-state index in [1.165, 1.54) is 124 Å². The number of hydrogen-bond acceptors (Lipinski definition) is 3. The molecule has 0 spiro atoms. The lowest BCUT2D eigenvalue weighted by atomic mass is 9.33. The third kappa shape index (κ3) is 3.91. The molecule has 0 bridgehead atoms. The summed E-state index contributed by atoms with van der Waals surface area (Å²) in [5, 5.41) is 0. The summed E-state index contributed by atoms with van der Waals surface area (Å²) in [6, 6.07) is 51.4. The van der Waals surface area contributed by atoms with Gasteiger partial charge in [-0.05, 0) is 121 Å². The zero-order valence-corrected chi connectivity index (χ0v) is 33.3. The largest absolute Gasteiger partial charge is 0.335 e. The van der Waals surface area contributed by atoms with Crippen molar-refractivity contribution in [3.63, 3.8) is 0 Å². The van der Waals surface area contributed by atoms with E-state index in [1.54, 1.807) is 5.56 Å². The number of hydrogen-bond donors (Lipinski definition) is 0. The molecule has 6 aromatic rings. The smallest absolute Gasteiger partial charge is 0.252 e. The van der Waals surface area contributed by atoms with Gasteiger partial charge in [0, 0.05) is 50.6 Å². The van der Waals surface area contributed by atoms with Crippen molar-refractivity contribution in [2.75, 3.05) is 14.7 Å². The molecule has 56 heavy (non-hydrogen) atoms. The number of rotatable bonds is 3. The molecule has 4 heteroatoms. The van der Waals surface area contributed by atoms with Gasteiger partial charge in [-0.1, -0.05) is 131 Å². The normalized spacial score (nSPS) is 27.6. The molecule has 276 valence electrons. The first-order chi connectivity index (χ1) is 27.3. The van der Waals surface area contributed by atoms with Crippen LogP contribution in [-0.4, -0.2) is 17.8 Å². The summed E-state index contributed by atoms with van der Waals surface area (Å²) < 4.78 is 0. The lowest BCUT2D eigenvalue weighted by molar-refractivity contribution is 0.194. The van der Waals surface area contributed by atoms with E-state index in [-0.39, 0.29) is 28.6 Å². The predicted octanol–water partition coefficient (Wildman–Crippen LogP) is 11.5. The van der Waals surface area contributed by atoms with Crippen LogP contribution in [0.25, 0.3) is 11.1 Å². The summed E-state index contributed by atoms with van der Waals surface area (Å²) in [4.78, 5) is 8.32. The highest BCUT2D eigenvalue weighted by Gasteiger charge is 2.62. The Morgan fingerprint density at radius 1 is 0.446 bits per heavy atom. The standard InChI is InChI=1S/C52H50BN3/c1-49-28-13-16-31-52(49,4)56-46-34-38(55-43-27-26-36(35-18-7-5-8-19-35)32-40(43)50(2)29-14-15-30-51(50,55)3)33-45-47(46)53(42-24-17-22-39(49)48(42)56)41-23-11-12-25-44(41)54(45)37-20-9-6-10-21-37/h5-12,17-27,32-34H,13-16,28-31H2,1-4H3. The van der Waals surface area contributed by atoms with Gasteiger partial charge < -0.3 is 14.7 Å². The van der Waals surface area contributed by atoms with Crippen LogP contribution in [0.5, 0.6) is 0 Å². The molecule has 6 aliphatic rings. The van der Waals surface area contributed by atoms with Crippen LogP contribution in [0.1, 0.15) is 90.2 Å². The van der Waals surface area contributed by atoms with Gasteiger partial charge in [0.2, 0.25) is 0 Å². The van der Waals surface area contributed by atoms with Gasteiger partial charge in [-0.2, -0.15) is 0 Å². The first-order valence-corrected chi connectivity index (χ1v) is 21.3. The fourth-order valence-corrected chi connectivity index (χ4v) is 13.2. The van der Waals surface area contributed by atoms with Crippen molar-refractivity contribution in [1.82, 2.24) is 0 Å². The van der Waals surface area contributed by atoms with Gasteiger partial charge in [0.25, 0.3) is 6.71 Å². The average Bonchev–Trinajstić information content (AvgIpc) is 3.58. The second kappa shape index (κ2) is 11.2. The molecule has 2 aliphatic carbocycles. The molecular formula is C52H50BN3. The number of para-hydroxylation sites is 3. The number of benzene rings is 6. The Morgan fingerprint density at radius 3 is 1.84 bits per heavy atom. The molecule has 0 N–H and O–H groups in total. The molecule has 2 saturated carbocycles. The van der Waals surface area contributed by atoms with E-state index in [9.17, 15) is 0 Å². The summed E-state index contributed by atoms with van der Waals surface area (Å²) in [5.74, 6) is 0. The van der Waals surface area contributed by atoms with E-state index in [0.29, 0.717) is 0 Å². The maximum absolute atomic E-state index is 2.89. The Bertz CT molecular complexity index is 2600. The Balaban J connectivity index is 1.17. The van der Waals surface area contributed by atoms with Crippen molar-refractivity contribution < 1.29 is 0 Å². The lowest BCUT2D eigenvalue weighted by Gasteiger charge is -2.53. The Kier molecular flexibility index (Phi) is 6.60. The molecule has 3 nitrogen and oxygen atoms in total. The van der Waals surface area contributed by atoms with Crippen LogP contribution in [0, 0.1) is 0 Å². The van der Waals surface area contributed by atoms with Gasteiger partial charge in [-0.25, -0.2) is 0 Å². The molecule has 2 fully saturated rings. The van der Waals surface area contributed by atoms with Gasteiger partial charge in [0.1, 0.15) is 0 Å². The van der Waals surface area contributed by atoms with Crippen molar-refractivity contribution in [1.29, 1.82) is 0 Å². The first kappa shape index (κ1) is 33.0. The van der Waals surface area contributed by atoms with Crippen LogP contribution in [0.2, 0.25) is 0 Å². The summed E-state index contributed by atoms with van der Waals surface area (Å²) in [6.07, 6.45) is 9.90. The predicted molar refractivity (Wildman–Crippen MR) is 237 cm³/mol. The monoisotopic (exact) mass is 727 g/mol. The van der Waals surface area contributed by atoms with E-state index in [4.69, 9.17) is 0 Å². The topological polar surface area (TPSA) is 9.72 Å². The van der Waals surface area contributed by atoms with Crippen molar-refractivity contribution in [2.45, 2.75) is 101 Å². The van der Waals surface area contributed by atoms with E-state index in [0.717, 1.165) is 0 Å². The van der Waals surface area contributed by atoms with E-state index < -0.39 is 0 Å². The minimum absolute atomic E-state index is 0.0215. The van der Waals surface area contributed by atoms with Crippen molar-refractivity contribution in [3.8, 4) is 11.1 Å². The highest BCUT2D eigenvalue weighted by molar-refractivity contribution is 7.00. The van der Waals surface area contributed by atoms with E-state index >= 15 is 0 Å². The fourth-order valence-electron chi connectivity index (χ4n) is 13.2. The molecule has 6 aromatic carbocycles. The van der Waals surface area contributed by atoms with Gasteiger partial charge >= 0.3 is 0 Å². The highest BCUT2D eigenvalue weighted by atomic mass is 15.3. The van der Waals surface area contributed by atoms with Crippen LogP contribution in [-0.2, 0) is 10.8 Å². The minimum atomic E-state index is -0.0700. The zero-order valence-electron chi connectivity index (χ0n) is 33.3. The van der Waals surface area contributed by atoms with Crippen LogP contribution < -0.4 is 31.1 Å². The van der Waals surface area contributed by atoms with Crippen molar-refractivity contribution >= 4 is 62.9 Å². The summed E-state index contributed by atoms with van der Waals surface area (Å²) >= 11 is 0. The third-order valence-corrected chi connectivity index (χ3v) is 16.3. The van der Waals surface area contributed by atoms with Crippen LogP contribution in [0.4, 0.5) is 39.8 Å². The number of fused-ring (bicyclic) bond motifs is 10. The Labute approximate surface area is 333 Å². The molecule has 4 unspecified atom stereocenters. The van der Waals surface area contributed by atoms with Gasteiger partial charge in [-0.15, -0.1) is 0 Å². The highest BCUT2D eigenvalue weighted by Crippen LogP contribution is 2.64. The number of nitrogens with zero attached hydrogens (tertiary/aromatic N) is 3. The van der Waals surface area contributed by atoms with Crippen LogP contribution >= 0.6 is 0 Å². The molecule has 4 heterocycles. The summed E-state index contributed by atoms with van der Waals surface area (Å²) in [5.41, 5.74) is 19.5. The minimum Gasteiger partial charge on any atom is -0.335 e. The molecule has 0 saturated heterocycles. The quantitative estimate of drug-likeness (QED) is 0.168. The second-order valence-electron chi connectivity index (χ2n) is 18.7. The fraction of sp³-hybridized carbons (Fsp3) is 0.308. The second-order valence-corrected chi connectivity index (χ2v) is 18.7. The molecular weight excluding hydrogens is 677 g/mol. The number of anilines is 7. The molecule has 0 aromatic heterocycles. The van der Waals surface area contributed by atoms with E-state index in [1.807, 2.05) is 0 Å². The van der Waals surface area contributed by atoms with E-state index in [2.05, 4.69) is 176 Å². The average molecular weight is 728 g/mol. The Morgan fingerprint density at radius 2 is 1.07 bits per heavy atom. The Hall–Kier alpha value is -5.22. The lowest BCUT2D eigenvalue weighted by Crippen LogP contribution is -2.64. The summed E-state index contributed by atoms with van der Waals surface area (Å²) in [7, 11) is 0. The zero-order chi connectivity index (χ0) is 37.6. The maximum Gasteiger partial charge on any atom is 0.252 e. The SMILES string of the molecule is CC12CCCCC1(C)N(c1cc3c4c(c1)N1c5c(cccc5C5(C)CCCCC15C)B4c1ccccc1N3c1ccccc1)c1ccc(-c3ccccc3)cc12. The van der Waals surface area contributed by atoms with Gasteiger partial charge in [0.15, 0.2) is 0 Å². The molecule has 0 amide bonds. The van der Waals surface area contributed by atoms with Gasteiger partial charge in [0.05, 0.1) is 11.1 Å². The van der Waals surface area contributed by atoms with Crippen LogP contribution in [0.15, 0.2) is 133 Å². The van der Waals surface area contributed by atoms with Crippen molar-refractivity contribution in [2.24, 2.45) is 0 Å². The first-order valence-electron chi connectivity index (χ1n) is 21.3. The third-order valence-electron chi connectivity index (χ3n) is 16.3. The molecule has 4 atom stereocenters.